The van der Waals surface area contributed by atoms with Crippen LogP contribution < -0.4 is 5.32 Å². The van der Waals surface area contributed by atoms with E-state index in [9.17, 15) is 14.4 Å². The zero-order valence-corrected chi connectivity index (χ0v) is 28.1. The molecule has 0 aromatic carbocycles. The first kappa shape index (κ1) is 39.9. The number of unbranched alkanes of at least 4 members (excludes halogenated alkanes) is 15. The molecule has 0 saturated heterocycles. The molecule has 0 bridgehead atoms. The third-order valence-electron chi connectivity index (χ3n) is 6.74. The van der Waals surface area contributed by atoms with Crippen molar-refractivity contribution in [2.75, 3.05) is 26.2 Å². The van der Waals surface area contributed by atoms with Gasteiger partial charge in [0, 0.05) is 25.9 Å². The number of esters is 2. The minimum atomic E-state index is -0.592. The van der Waals surface area contributed by atoms with E-state index in [1.807, 2.05) is 41.5 Å². The zero-order chi connectivity index (χ0) is 31.7. The summed E-state index contributed by atoms with van der Waals surface area (Å²) in [6.07, 6.45) is 26.4. The van der Waals surface area contributed by atoms with Crippen LogP contribution in [0.15, 0.2) is 0 Å². The van der Waals surface area contributed by atoms with Crippen LogP contribution in [0.5, 0.6) is 0 Å². The monoisotopic (exact) mass is 592 g/mol. The highest BCUT2D eigenvalue weighted by molar-refractivity contribution is 5.76. The molecule has 0 aliphatic heterocycles. The molecule has 7 heteroatoms. The number of carbonyl (C=O) groups is 3. The quantitative estimate of drug-likeness (QED) is 0.0663. The molecule has 0 aliphatic carbocycles. The molecule has 0 unspecified atom stereocenters. The third kappa shape index (κ3) is 29.4. The van der Waals surface area contributed by atoms with Crippen molar-refractivity contribution >= 4 is 17.8 Å². The van der Waals surface area contributed by atoms with Crippen molar-refractivity contribution in [2.24, 2.45) is 0 Å². The minimum absolute atomic E-state index is 0.000874. The fraction of sp³-hybridized carbons (Fsp3) is 0.857. The smallest absolute Gasteiger partial charge is 0.320 e. The van der Waals surface area contributed by atoms with E-state index in [0.717, 1.165) is 19.3 Å². The Morgan fingerprint density at radius 1 is 0.619 bits per heavy atom. The highest BCUT2D eigenvalue weighted by Gasteiger charge is 2.23. The maximum absolute atomic E-state index is 12.3. The molecule has 0 aromatic heterocycles. The Morgan fingerprint density at radius 3 is 1.38 bits per heavy atom. The number of amides is 1. The number of terminal acetylenes is 1. The van der Waals surface area contributed by atoms with Gasteiger partial charge in [-0.25, -0.2) is 0 Å². The molecule has 7 nitrogen and oxygen atoms in total. The van der Waals surface area contributed by atoms with Crippen LogP contribution in [0, 0.1) is 12.3 Å². The van der Waals surface area contributed by atoms with E-state index in [0.29, 0.717) is 25.9 Å². The third-order valence-corrected chi connectivity index (χ3v) is 6.74. The van der Waals surface area contributed by atoms with Crippen LogP contribution in [0.2, 0.25) is 0 Å². The predicted octanol–water partition coefficient (Wildman–Crippen LogP) is 7.74. The van der Waals surface area contributed by atoms with E-state index in [2.05, 4.69) is 11.2 Å². The Labute approximate surface area is 258 Å². The van der Waals surface area contributed by atoms with Gasteiger partial charge in [0.25, 0.3) is 0 Å². The van der Waals surface area contributed by atoms with Crippen molar-refractivity contribution in [3.63, 3.8) is 0 Å². The molecule has 0 atom stereocenters. The lowest BCUT2D eigenvalue weighted by atomic mass is 10.0. The Hall–Kier alpha value is -2.07. The van der Waals surface area contributed by atoms with Crippen molar-refractivity contribution in [1.29, 1.82) is 0 Å². The molecular weight excluding hydrogens is 528 g/mol. The first-order valence-corrected chi connectivity index (χ1v) is 16.7. The van der Waals surface area contributed by atoms with E-state index in [-0.39, 0.29) is 30.9 Å². The maximum Gasteiger partial charge on any atom is 0.320 e. The molecule has 42 heavy (non-hydrogen) atoms. The molecule has 0 fully saturated rings. The fourth-order valence-corrected chi connectivity index (χ4v) is 4.76. The van der Waals surface area contributed by atoms with Crippen molar-refractivity contribution in [2.45, 2.75) is 168 Å². The van der Waals surface area contributed by atoms with Crippen LogP contribution in [0.1, 0.15) is 157 Å². The van der Waals surface area contributed by atoms with Gasteiger partial charge in [-0.15, -0.1) is 12.3 Å². The van der Waals surface area contributed by atoms with E-state index < -0.39 is 11.2 Å². The summed E-state index contributed by atoms with van der Waals surface area (Å²) >= 11 is 0. The van der Waals surface area contributed by atoms with Gasteiger partial charge in [0.2, 0.25) is 5.91 Å². The molecule has 0 aromatic rings. The normalized spacial score (nSPS) is 11.8. The van der Waals surface area contributed by atoms with E-state index in [1.54, 1.807) is 4.90 Å². The molecule has 0 radical (unpaired) electrons. The number of hydrogen-bond acceptors (Lipinski definition) is 6. The highest BCUT2D eigenvalue weighted by atomic mass is 16.6. The number of rotatable bonds is 25. The Kier molecular flexibility index (Phi) is 23.2. The molecule has 244 valence electrons. The summed E-state index contributed by atoms with van der Waals surface area (Å²) < 4.78 is 10.8. The molecule has 0 rings (SSSR count). The fourth-order valence-electron chi connectivity index (χ4n) is 4.76. The molecule has 0 heterocycles. The Balaban J connectivity index is 3.88. The van der Waals surface area contributed by atoms with Gasteiger partial charge in [-0.3, -0.25) is 19.3 Å². The lowest BCUT2D eigenvalue weighted by Crippen LogP contribution is -2.41. The van der Waals surface area contributed by atoms with E-state index >= 15 is 0 Å². The van der Waals surface area contributed by atoms with Crippen LogP contribution in [0.25, 0.3) is 0 Å². The molecule has 0 aliphatic rings. The van der Waals surface area contributed by atoms with Crippen molar-refractivity contribution in [1.82, 2.24) is 10.2 Å². The van der Waals surface area contributed by atoms with Crippen LogP contribution in [-0.2, 0) is 23.9 Å². The average molecular weight is 593 g/mol. The summed E-state index contributed by atoms with van der Waals surface area (Å²) in [5, 5.41) is 2.97. The highest BCUT2D eigenvalue weighted by Crippen LogP contribution is 2.14. The maximum atomic E-state index is 12.3. The van der Waals surface area contributed by atoms with Gasteiger partial charge in [-0.1, -0.05) is 83.5 Å². The van der Waals surface area contributed by atoms with E-state index in [4.69, 9.17) is 15.9 Å². The number of nitrogens with zero attached hydrogens (tertiary/aromatic N) is 1. The second-order valence-corrected chi connectivity index (χ2v) is 13.6. The van der Waals surface area contributed by atoms with Crippen molar-refractivity contribution in [3.8, 4) is 12.3 Å². The first-order valence-electron chi connectivity index (χ1n) is 16.7. The van der Waals surface area contributed by atoms with Crippen molar-refractivity contribution < 1.29 is 23.9 Å². The lowest BCUT2D eigenvalue weighted by Gasteiger charge is -2.26. The Bertz CT molecular complexity index is 731. The lowest BCUT2D eigenvalue weighted by molar-refractivity contribution is -0.160. The molecule has 1 amide bonds. The number of ether oxygens (including phenoxy) is 2. The summed E-state index contributed by atoms with van der Waals surface area (Å²) in [6.45, 7) is 11.9. The standard InChI is InChI=1S/C35H64N2O5/c1-8-9-10-11-12-13-14-15-16-17-18-19-20-21-22-23-24-26-31(38)36-27-25-28-37(29-32(39)41-34(2,3)4)30-33(40)42-35(5,6)7/h1H,9-30H2,2-7H3,(H,36,38). The van der Waals surface area contributed by atoms with Crippen molar-refractivity contribution in [3.05, 3.63) is 0 Å². The van der Waals surface area contributed by atoms with Gasteiger partial charge in [-0.05, 0) is 60.8 Å². The average Bonchev–Trinajstić information content (AvgIpc) is 2.86. The topological polar surface area (TPSA) is 84.9 Å². The summed E-state index contributed by atoms with van der Waals surface area (Å²) in [7, 11) is 0. The first-order chi connectivity index (χ1) is 19.8. The largest absolute Gasteiger partial charge is 0.459 e. The van der Waals surface area contributed by atoms with Crippen LogP contribution in [0.3, 0.4) is 0 Å². The zero-order valence-electron chi connectivity index (χ0n) is 28.1. The van der Waals surface area contributed by atoms with Crippen LogP contribution >= 0.6 is 0 Å². The number of nitrogens with one attached hydrogen (secondary N) is 1. The second kappa shape index (κ2) is 24.4. The molecule has 0 spiro atoms. The van der Waals surface area contributed by atoms with Crippen LogP contribution in [-0.4, -0.2) is 60.1 Å². The van der Waals surface area contributed by atoms with Gasteiger partial charge < -0.3 is 14.8 Å². The van der Waals surface area contributed by atoms with Gasteiger partial charge in [0.15, 0.2) is 0 Å². The Morgan fingerprint density at radius 2 is 1.00 bits per heavy atom. The molecular formula is C35H64N2O5. The SMILES string of the molecule is C#CCCCCCCCCCCCCCCCCCC(=O)NCCCN(CC(=O)OC(C)(C)C)CC(=O)OC(C)(C)C. The summed E-state index contributed by atoms with van der Waals surface area (Å²) in [5.41, 5.74) is -1.18. The second-order valence-electron chi connectivity index (χ2n) is 13.6. The molecule has 1 N–H and O–H groups in total. The van der Waals surface area contributed by atoms with E-state index in [1.165, 1.54) is 83.5 Å². The summed E-state index contributed by atoms with van der Waals surface area (Å²) in [6, 6.07) is 0. The summed E-state index contributed by atoms with van der Waals surface area (Å²) in [4.78, 5) is 38.6. The van der Waals surface area contributed by atoms with Gasteiger partial charge in [-0.2, -0.15) is 0 Å². The minimum Gasteiger partial charge on any atom is -0.459 e. The summed E-state index contributed by atoms with van der Waals surface area (Å²) in [5.74, 6) is 2.00. The number of hydrogen-bond donors (Lipinski definition) is 1. The van der Waals surface area contributed by atoms with Crippen LogP contribution in [0.4, 0.5) is 0 Å². The molecule has 0 saturated carbocycles. The van der Waals surface area contributed by atoms with Gasteiger partial charge in [0.05, 0.1) is 13.1 Å². The number of carbonyl (C=O) groups excluding carboxylic acids is 3. The van der Waals surface area contributed by atoms with Gasteiger partial charge in [0.1, 0.15) is 11.2 Å². The van der Waals surface area contributed by atoms with Gasteiger partial charge >= 0.3 is 11.9 Å². The predicted molar refractivity (Wildman–Crippen MR) is 173 cm³/mol.